The lowest BCUT2D eigenvalue weighted by Crippen LogP contribution is -2.27. The van der Waals surface area contributed by atoms with Gasteiger partial charge in [-0.1, -0.05) is 48.5 Å². The van der Waals surface area contributed by atoms with Crippen LogP contribution in [0.15, 0.2) is 95.6 Å². The van der Waals surface area contributed by atoms with E-state index in [9.17, 15) is 15.2 Å². The monoisotopic (exact) mass is 371 g/mol. The second kappa shape index (κ2) is 7.46. The number of aliphatic hydroxyl groups is 1. The summed E-state index contributed by atoms with van der Waals surface area (Å²) < 4.78 is 0. The summed E-state index contributed by atoms with van der Waals surface area (Å²) in [5.41, 5.74) is 3.72. The largest absolute Gasteiger partial charge is 0.368 e. The van der Waals surface area contributed by atoms with Gasteiger partial charge >= 0.3 is 0 Å². The highest BCUT2D eigenvalue weighted by atomic mass is 16.6. The Morgan fingerprint density at radius 1 is 0.929 bits per heavy atom. The first kappa shape index (κ1) is 17.6. The minimum Gasteiger partial charge on any atom is -0.368 e. The van der Waals surface area contributed by atoms with E-state index in [2.05, 4.69) is 5.10 Å². The fourth-order valence-corrected chi connectivity index (χ4v) is 3.09. The molecule has 0 saturated heterocycles. The summed E-state index contributed by atoms with van der Waals surface area (Å²) in [6, 6.07) is 25.3. The van der Waals surface area contributed by atoms with Crippen LogP contribution in [0.25, 0.3) is 6.08 Å². The zero-order valence-corrected chi connectivity index (χ0v) is 14.8. The summed E-state index contributed by atoms with van der Waals surface area (Å²) >= 11 is 0. The molecule has 1 atom stereocenters. The first-order chi connectivity index (χ1) is 13.6. The second-order valence-corrected chi connectivity index (χ2v) is 6.32. The van der Waals surface area contributed by atoms with Gasteiger partial charge in [0, 0.05) is 23.3 Å². The molecule has 1 N–H and O–H groups in total. The standard InChI is InChI=1S/C22H17N3O3/c26-22-20(15-16-11-13-19(14-12-16)25(27)28)21(17-7-3-1-4-8-17)23-24(22)18-9-5-2-6-10-18/h1-15,22,26H. The molecule has 0 amide bonds. The average Bonchev–Trinajstić information content (AvgIpc) is 3.06. The van der Waals surface area contributed by atoms with E-state index in [4.69, 9.17) is 0 Å². The minimum absolute atomic E-state index is 0.0250. The van der Waals surface area contributed by atoms with Crippen molar-refractivity contribution in [3.63, 3.8) is 0 Å². The maximum Gasteiger partial charge on any atom is 0.269 e. The van der Waals surface area contributed by atoms with E-state index in [1.165, 1.54) is 12.1 Å². The number of nitro benzene ring substituents is 1. The third-order valence-electron chi connectivity index (χ3n) is 4.49. The van der Waals surface area contributed by atoms with Gasteiger partial charge in [-0.25, -0.2) is 5.01 Å². The first-order valence-corrected chi connectivity index (χ1v) is 8.76. The number of hydrazone groups is 1. The van der Waals surface area contributed by atoms with E-state index in [1.807, 2.05) is 66.7 Å². The maximum atomic E-state index is 11.0. The number of nitrogens with zero attached hydrogens (tertiary/aromatic N) is 3. The lowest BCUT2D eigenvalue weighted by Gasteiger charge is -2.19. The number of hydrogen-bond acceptors (Lipinski definition) is 5. The highest BCUT2D eigenvalue weighted by molar-refractivity contribution is 6.17. The molecule has 1 unspecified atom stereocenters. The number of para-hydroxylation sites is 1. The summed E-state index contributed by atoms with van der Waals surface area (Å²) in [4.78, 5) is 10.4. The van der Waals surface area contributed by atoms with Crippen LogP contribution in [0, 0.1) is 10.1 Å². The molecule has 3 aromatic rings. The van der Waals surface area contributed by atoms with Gasteiger partial charge in [0.1, 0.15) is 0 Å². The van der Waals surface area contributed by atoms with Crippen molar-refractivity contribution in [2.75, 3.05) is 5.01 Å². The van der Waals surface area contributed by atoms with Crippen LogP contribution in [0.3, 0.4) is 0 Å². The molecule has 1 aliphatic rings. The van der Waals surface area contributed by atoms with Gasteiger partial charge in [-0.05, 0) is 35.9 Å². The Kier molecular flexibility index (Phi) is 4.70. The zero-order chi connectivity index (χ0) is 19.5. The fourth-order valence-electron chi connectivity index (χ4n) is 3.09. The predicted octanol–water partition coefficient (Wildman–Crippen LogP) is 4.22. The van der Waals surface area contributed by atoms with Crippen molar-refractivity contribution in [2.45, 2.75) is 6.23 Å². The van der Waals surface area contributed by atoms with Gasteiger partial charge in [0.05, 0.1) is 16.3 Å². The molecule has 4 rings (SSSR count). The van der Waals surface area contributed by atoms with Crippen molar-refractivity contribution >= 4 is 23.2 Å². The van der Waals surface area contributed by atoms with Crippen LogP contribution in [0.2, 0.25) is 0 Å². The number of benzene rings is 3. The third kappa shape index (κ3) is 3.41. The molecule has 0 radical (unpaired) electrons. The van der Waals surface area contributed by atoms with E-state index in [-0.39, 0.29) is 5.69 Å². The van der Waals surface area contributed by atoms with Crippen LogP contribution >= 0.6 is 0 Å². The predicted molar refractivity (Wildman–Crippen MR) is 109 cm³/mol. The molecule has 138 valence electrons. The van der Waals surface area contributed by atoms with E-state index in [0.717, 1.165) is 16.8 Å². The normalized spacial score (nSPS) is 17.6. The molecule has 0 aliphatic carbocycles. The molecular weight excluding hydrogens is 354 g/mol. The summed E-state index contributed by atoms with van der Waals surface area (Å²) in [7, 11) is 0. The van der Waals surface area contributed by atoms with Gasteiger partial charge in [0.2, 0.25) is 0 Å². The molecule has 6 nitrogen and oxygen atoms in total. The van der Waals surface area contributed by atoms with E-state index in [1.54, 1.807) is 17.1 Å². The molecule has 0 spiro atoms. The SMILES string of the molecule is O=[N+]([O-])c1ccc(C=C2C(c3ccccc3)=NN(c3ccccc3)C2O)cc1. The maximum absolute atomic E-state index is 11.0. The van der Waals surface area contributed by atoms with Crippen LogP contribution in [0.4, 0.5) is 11.4 Å². The van der Waals surface area contributed by atoms with Gasteiger partial charge in [-0.3, -0.25) is 10.1 Å². The number of non-ortho nitro benzene ring substituents is 1. The first-order valence-electron chi connectivity index (χ1n) is 8.76. The molecule has 28 heavy (non-hydrogen) atoms. The van der Waals surface area contributed by atoms with Crippen molar-refractivity contribution < 1.29 is 10.0 Å². The molecule has 3 aromatic carbocycles. The second-order valence-electron chi connectivity index (χ2n) is 6.32. The number of anilines is 1. The fraction of sp³-hybridized carbons (Fsp3) is 0.0455. The van der Waals surface area contributed by atoms with Crippen molar-refractivity contribution in [1.82, 2.24) is 0 Å². The minimum atomic E-state index is -0.965. The summed E-state index contributed by atoms with van der Waals surface area (Å²) in [5, 5.41) is 28.1. The van der Waals surface area contributed by atoms with Crippen molar-refractivity contribution in [3.05, 3.63) is 112 Å². The number of aliphatic hydroxyl groups excluding tert-OH is 1. The van der Waals surface area contributed by atoms with Crippen LogP contribution in [-0.4, -0.2) is 22.0 Å². The average molecular weight is 371 g/mol. The van der Waals surface area contributed by atoms with Gasteiger partial charge in [-0.15, -0.1) is 0 Å². The molecule has 0 aromatic heterocycles. The summed E-state index contributed by atoms with van der Waals surface area (Å²) in [6.07, 6.45) is 0.844. The van der Waals surface area contributed by atoms with Crippen LogP contribution < -0.4 is 5.01 Å². The summed E-state index contributed by atoms with van der Waals surface area (Å²) in [6.45, 7) is 0. The molecule has 1 heterocycles. The lowest BCUT2D eigenvalue weighted by atomic mass is 9.99. The van der Waals surface area contributed by atoms with Gasteiger partial charge < -0.3 is 5.11 Å². The van der Waals surface area contributed by atoms with Gasteiger partial charge in [-0.2, -0.15) is 5.10 Å². The number of hydrogen-bond donors (Lipinski definition) is 1. The topological polar surface area (TPSA) is 79.0 Å². The Morgan fingerprint density at radius 2 is 1.54 bits per heavy atom. The van der Waals surface area contributed by atoms with Crippen LogP contribution in [-0.2, 0) is 0 Å². The van der Waals surface area contributed by atoms with Gasteiger partial charge in [0.15, 0.2) is 6.23 Å². The molecule has 0 bridgehead atoms. The Labute approximate surface area is 161 Å². The molecular formula is C22H17N3O3. The Bertz CT molecular complexity index is 1050. The zero-order valence-electron chi connectivity index (χ0n) is 14.8. The summed E-state index contributed by atoms with van der Waals surface area (Å²) in [5.74, 6) is 0. The Balaban J connectivity index is 1.77. The van der Waals surface area contributed by atoms with E-state index >= 15 is 0 Å². The third-order valence-corrected chi connectivity index (χ3v) is 4.49. The molecule has 0 fully saturated rings. The lowest BCUT2D eigenvalue weighted by molar-refractivity contribution is -0.384. The van der Waals surface area contributed by atoms with Gasteiger partial charge in [0.25, 0.3) is 5.69 Å². The quantitative estimate of drug-likeness (QED) is 0.550. The highest BCUT2D eigenvalue weighted by Crippen LogP contribution is 2.30. The highest BCUT2D eigenvalue weighted by Gasteiger charge is 2.32. The Hall–Kier alpha value is -3.77. The number of rotatable bonds is 4. The van der Waals surface area contributed by atoms with Crippen molar-refractivity contribution in [1.29, 1.82) is 0 Å². The smallest absolute Gasteiger partial charge is 0.269 e. The van der Waals surface area contributed by atoms with E-state index in [0.29, 0.717) is 11.3 Å². The van der Waals surface area contributed by atoms with Crippen molar-refractivity contribution in [3.8, 4) is 0 Å². The van der Waals surface area contributed by atoms with Crippen molar-refractivity contribution in [2.24, 2.45) is 5.10 Å². The van der Waals surface area contributed by atoms with Crippen LogP contribution in [0.1, 0.15) is 11.1 Å². The Morgan fingerprint density at radius 3 is 2.14 bits per heavy atom. The molecule has 0 saturated carbocycles. The molecule has 1 aliphatic heterocycles. The molecule has 6 heteroatoms. The van der Waals surface area contributed by atoms with Crippen LogP contribution in [0.5, 0.6) is 0 Å². The number of nitro groups is 1. The van der Waals surface area contributed by atoms with E-state index < -0.39 is 11.2 Å².